The molecule has 2 N–H and O–H groups in total. The van der Waals surface area contributed by atoms with Gasteiger partial charge in [0.15, 0.2) is 0 Å². The van der Waals surface area contributed by atoms with Crippen LogP contribution >= 0.6 is 0 Å². The van der Waals surface area contributed by atoms with E-state index in [1.54, 1.807) is 12.1 Å². The molecular weight excluding hydrogens is 154 g/mol. The zero-order valence-electron chi connectivity index (χ0n) is 6.69. The van der Waals surface area contributed by atoms with E-state index in [0.29, 0.717) is 11.6 Å². The highest BCUT2D eigenvalue weighted by atomic mass is 16.5. The fourth-order valence-corrected chi connectivity index (χ4v) is 0.690. The summed E-state index contributed by atoms with van der Waals surface area (Å²) in [4.78, 5) is 0. The third kappa shape index (κ3) is 1.71. The minimum atomic E-state index is -0.497. The van der Waals surface area contributed by atoms with Crippen LogP contribution in [0.3, 0.4) is 0 Å². The maximum atomic E-state index is 5.51. The van der Waals surface area contributed by atoms with Crippen molar-refractivity contribution in [2.24, 2.45) is 5.73 Å². The van der Waals surface area contributed by atoms with E-state index in [1.807, 2.05) is 0 Å². The Morgan fingerprint density at radius 1 is 1.58 bits per heavy atom. The third-order valence-corrected chi connectivity index (χ3v) is 1.37. The van der Waals surface area contributed by atoms with Gasteiger partial charge in [0, 0.05) is 6.07 Å². The van der Waals surface area contributed by atoms with Gasteiger partial charge in [0.25, 0.3) is 0 Å². The predicted octanol–water partition coefficient (Wildman–Crippen LogP) is 0.118. The summed E-state index contributed by atoms with van der Waals surface area (Å²) in [5.74, 6) is 2.80. The van der Waals surface area contributed by atoms with E-state index in [-0.39, 0.29) is 0 Å². The molecule has 0 saturated carbocycles. The lowest BCUT2D eigenvalue weighted by atomic mass is 10.2. The number of methoxy groups -OCH3 is 1. The highest BCUT2D eigenvalue weighted by molar-refractivity contribution is 5.19. The molecule has 0 radical (unpaired) electrons. The van der Waals surface area contributed by atoms with Crippen LogP contribution in [-0.4, -0.2) is 17.3 Å². The Bertz CT molecular complexity index is 288. The van der Waals surface area contributed by atoms with Crippen molar-refractivity contribution in [2.45, 2.75) is 6.04 Å². The molecule has 0 amide bonds. The van der Waals surface area contributed by atoms with Crippen LogP contribution in [-0.2, 0) is 0 Å². The minimum absolute atomic E-state index is 0.447. The summed E-state index contributed by atoms with van der Waals surface area (Å²) in [7, 11) is 1.52. The molecule has 0 aliphatic rings. The van der Waals surface area contributed by atoms with Gasteiger partial charge < -0.3 is 10.5 Å². The van der Waals surface area contributed by atoms with Crippen LogP contribution in [0.15, 0.2) is 12.1 Å². The number of nitrogens with zero attached hydrogens (tertiary/aromatic N) is 2. The number of terminal acetylenes is 1. The molecule has 1 atom stereocenters. The maximum Gasteiger partial charge on any atom is 0.233 e. The van der Waals surface area contributed by atoms with Gasteiger partial charge in [-0.25, -0.2) is 0 Å². The standard InChI is InChI=1S/C8H9N3O/c1-3-6(9)7-4-5-8(12-2)11-10-7/h1,4-6H,9H2,2H3. The van der Waals surface area contributed by atoms with Gasteiger partial charge in [0.2, 0.25) is 5.88 Å². The third-order valence-electron chi connectivity index (χ3n) is 1.37. The minimum Gasteiger partial charge on any atom is -0.480 e. The van der Waals surface area contributed by atoms with Gasteiger partial charge in [-0.05, 0) is 6.07 Å². The molecule has 4 nitrogen and oxygen atoms in total. The van der Waals surface area contributed by atoms with Crippen LogP contribution in [0.5, 0.6) is 5.88 Å². The van der Waals surface area contributed by atoms with E-state index in [2.05, 4.69) is 16.1 Å². The summed E-state index contributed by atoms with van der Waals surface area (Å²) < 4.78 is 4.82. The lowest BCUT2D eigenvalue weighted by molar-refractivity contribution is 0.391. The molecule has 0 aliphatic heterocycles. The van der Waals surface area contributed by atoms with E-state index < -0.39 is 6.04 Å². The van der Waals surface area contributed by atoms with E-state index in [4.69, 9.17) is 16.9 Å². The Hall–Kier alpha value is -1.60. The van der Waals surface area contributed by atoms with Gasteiger partial charge in [-0.15, -0.1) is 16.6 Å². The average Bonchev–Trinajstić information content (AvgIpc) is 2.17. The Kier molecular flexibility index (Phi) is 2.62. The molecule has 0 aromatic carbocycles. The summed E-state index contributed by atoms with van der Waals surface area (Å²) in [5.41, 5.74) is 6.07. The van der Waals surface area contributed by atoms with Gasteiger partial charge in [-0.1, -0.05) is 5.92 Å². The Labute approximate surface area is 70.8 Å². The molecular formula is C8H9N3O. The second-order valence-corrected chi connectivity index (χ2v) is 2.14. The second-order valence-electron chi connectivity index (χ2n) is 2.14. The van der Waals surface area contributed by atoms with E-state index >= 15 is 0 Å². The highest BCUT2D eigenvalue weighted by Crippen LogP contribution is 2.08. The van der Waals surface area contributed by atoms with Crippen molar-refractivity contribution in [1.29, 1.82) is 0 Å². The normalized spacial score (nSPS) is 11.8. The zero-order valence-corrected chi connectivity index (χ0v) is 6.69. The Balaban J connectivity index is 2.86. The van der Waals surface area contributed by atoms with Crippen molar-refractivity contribution in [3.8, 4) is 18.2 Å². The Morgan fingerprint density at radius 2 is 2.33 bits per heavy atom. The quantitative estimate of drug-likeness (QED) is 0.629. The molecule has 0 aliphatic carbocycles. The van der Waals surface area contributed by atoms with Gasteiger partial charge in [-0.2, -0.15) is 0 Å². The number of ether oxygens (including phenoxy) is 1. The van der Waals surface area contributed by atoms with E-state index in [9.17, 15) is 0 Å². The first-order valence-electron chi connectivity index (χ1n) is 3.37. The van der Waals surface area contributed by atoms with Gasteiger partial charge >= 0.3 is 0 Å². The molecule has 0 bridgehead atoms. The summed E-state index contributed by atoms with van der Waals surface area (Å²) in [5, 5.41) is 7.50. The van der Waals surface area contributed by atoms with Crippen LogP contribution in [0, 0.1) is 12.3 Å². The summed E-state index contributed by atoms with van der Waals surface area (Å²) in [6.45, 7) is 0. The molecule has 1 aromatic rings. The number of nitrogens with two attached hydrogens (primary N) is 1. The molecule has 1 heterocycles. The first-order valence-corrected chi connectivity index (χ1v) is 3.37. The predicted molar refractivity (Wildman–Crippen MR) is 44.3 cm³/mol. The molecule has 0 spiro atoms. The number of hydrogen-bond acceptors (Lipinski definition) is 4. The second kappa shape index (κ2) is 3.69. The van der Waals surface area contributed by atoms with Crippen molar-refractivity contribution >= 4 is 0 Å². The van der Waals surface area contributed by atoms with Crippen molar-refractivity contribution in [1.82, 2.24) is 10.2 Å². The monoisotopic (exact) mass is 163 g/mol. The summed E-state index contributed by atoms with van der Waals surface area (Å²) in [6.07, 6.45) is 5.10. The van der Waals surface area contributed by atoms with Crippen LogP contribution in [0.2, 0.25) is 0 Å². The van der Waals surface area contributed by atoms with Crippen LogP contribution in [0.4, 0.5) is 0 Å². The first kappa shape index (κ1) is 8.50. The van der Waals surface area contributed by atoms with Crippen LogP contribution in [0.25, 0.3) is 0 Å². The van der Waals surface area contributed by atoms with Crippen molar-refractivity contribution in [3.63, 3.8) is 0 Å². The number of hydrogen-bond donors (Lipinski definition) is 1. The van der Waals surface area contributed by atoms with Gasteiger partial charge in [-0.3, -0.25) is 0 Å². The molecule has 1 unspecified atom stereocenters. The fraction of sp³-hybridized carbons (Fsp3) is 0.250. The molecule has 1 aromatic heterocycles. The largest absolute Gasteiger partial charge is 0.480 e. The summed E-state index contributed by atoms with van der Waals surface area (Å²) in [6, 6.07) is 2.86. The lowest BCUT2D eigenvalue weighted by Gasteiger charge is -2.02. The Morgan fingerprint density at radius 3 is 2.75 bits per heavy atom. The molecule has 4 heteroatoms. The lowest BCUT2D eigenvalue weighted by Crippen LogP contribution is -2.10. The number of rotatable bonds is 2. The SMILES string of the molecule is C#CC(N)c1ccc(OC)nn1. The van der Waals surface area contributed by atoms with Crippen molar-refractivity contribution < 1.29 is 4.74 Å². The molecule has 62 valence electrons. The van der Waals surface area contributed by atoms with Crippen molar-refractivity contribution in [3.05, 3.63) is 17.8 Å². The molecule has 0 fully saturated rings. The van der Waals surface area contributed by atoms with Gasteiger partial charge in [0.1, 0.15) is 6.04 Å². The topological polar surface area (TPSA) is 61.0 Å². The summed E-state index contributed by atoms with van der Waals surface area (Å²) >= 11 is 0. The van der Waals surface area contributed by atoms with Crippen molar-refractivity contribution in [2.75, 3.05) is 7.11 Å². The zero-order chi connectivity index (χ0) is 8.97. The fourth-order valence-electron chi connectivity index (χ4n) is 0.690. The van der Waals surface area contributed by atoms with Crippen LogP contribution < -0.4 is 10.5 Å². The smallest absolute Gasteiger partial charge is 0.233 e. The number of aromatic nitrogens is 2. The highest BCUT2D eigenvalue weighted by Gasteiger charge is 2.03. The molecule has 1 rings (SSSR count). The van der Waals surface area contributed by atoms with Gasteiger partial charge in [0.05, 0.1) is 12.8 Å². The molecule has 12 heavy (non-hydrogen) atoms. The molecule has 0 saturated heterocycles. The van der Waals surface area contributed by atoms with E-state index in [1.165, 1.54) is 7.11 Å². The average molecular weight is 163 g/mol. The first-order chi connectivity index (χ1) is 5.77. The van der Waals surface area contributed by atoms with Crippen LogP contribution in [0.1, 0.15) is 11.7 Å². The maximum absolute atomic E-state index is 5.51. The van der Waals surface area contributed by atoms with E-state index in [0.717, 1.165) is 0 Å².